The number of amides is 1. The molecular formula is C14H18ClN3OS. The predicted octanol–water partition coefficient (Wildman–Crippen LogP) is 2.82. The van der Waals surface area contributed by atoms with E-state index in [0.717, 1.165) is 23.1 Å². The van der Waals surface area contributed by atoms with Gasteiger partial charge in [-0.3, -0.25) is 4.79 Å². The summed E-state index contributed by atoms with van der Waals surface area (Å²) in [5, 5.41) is 4.55. The smallest absolute Gasteiger partial charge is 0.265 e. The van der Waals surface area contributed by atoms with E-state index in [9.17, 15) is 4.79 Å². The molecule has 0 radical (unpaired) electrons. The van der Waals surface area contributed by atoms with Crippen LogP contribution in [0.1, 0.15) is 16.1 Å². The molecule has 1 amide bonds. The molecule has 0 unspecified atom stereocenters. The Kier molecular flexibility index (Phi) is 4.86. The Morgan fingerprint density at radius 1 is 1.50 bits per heavy atom. The molecule has 4 nitrogen and oxygen atoms in total. The fourth-order valence-electron chi connectivity index (χ4n) is 2.02. The first-order valence-electron chi connectivity index (χ1n) is 6.42. The van der Waals surface area contributed by atoms with Gasteiger partial charge < -0.3 is 16.0 Å². The van der Waals surface area contributed by atoms with Crippen molar-refractivity contribution < 1.29 is 4.79 Å². The third-order valence-corrected chi connectivity index (χ3v) is 4.56. The summed E-state index contributed by atoms with van der Waals surface area (Å²) in [4.78, 5) is 14.7. The minimum absolute atomic E-state index is 0.0316. The number of hydrogen-bond donors (Lipinski definition) is 2. The van der Waals surface area contributed by atoms with Crippen LogP contribution in [0.25, 0.3) is 10.1 Å². The minimum Gasteiger partial charge on any atom is -0.397 e. The van der Waals surface area contributed by atoms with Gasteiger partial charge in [-0.2, -0.15) is 0 Å². The highest BCUT2D eigenvalue weighted by molar-refractivity contribution is 7.21. The molecular weight excluding hydrogens is 294 g/mol. The van der Waals surface area contributed by atoms with E-state index in [2.05, 4.69) is 5.32 Å². The van der Waals surface area contributed by atoms with Crippen molar-refractivity contribution in [2.75, 3.05) is 32.9 Å². The third kappa shape index (κ3) is 3.06. The third-order valence-electron chi connectivity index (χ3n) is 3.15. The van der Waals surface area contributed by atoms with Crippen molar-refractivity contribution in [2.45, 2.75) is 6.42 Å². The molecule has 0 aliphatic rings. The summed E-state index contributed by atoms with van der Waals surface area (Å²) in [5.74, 6) is -0.0316. The number of fused-ring (bicyclic) bond motifs is 1. The maximum Gasteiger partial charge on any atom is 0.265 e. The SMILES string of the molecule is CNCCCN(C)C(=O)c1sc2ccc(Cl)cc2c1N. The average molecular weight is 312 g/mol. The summed E-state index contributed by atoms with van der Waals surface area (Å²) in [6, 6.07) is 5.52. The predicted molar refractivity (Wildman–Crippen MR) is 86.8 cm³/mol. The first kappa shape index (κ1) is 15.1. The molecule has 0 bridgehead atoms. The van der Waals surface area contributed by atoms with Gasteiger partial charge >= 0.3 is 0 Å². The fraction of sp³-hybridized carbons (Fsp3) is 0.357. The van der Waals surface area contributed by atoms with Gasteiger partial charge in [-0.15, -0.1) is 11.3 Å². The van der Waals surface area contributed by atoms with E-state index in [4.69, 9.17) is 17.3 Å². The highest BCUT2D eigenvalue weighted by Gasteiger charge is 2.19. The molecule has 0 fully saturated rings. The topological polar surface area (TPSA) is 58.4 Å². The maximum atomic E-state index is 12.4. The number of nitrogens with one attached hydrogen (secondary N) is 1. The summed E-state index contributed by atoms with van der Waals surface area (Å²) < 4.78 is 0.985. The number of rotatable bonds is 5. The van der Waals surface area contributed by atoms with Crippen molar-refractivity contribution in [1.29, 1.82) is 0 Å². The van der Waals surface area contributed by atoms with Gasteiger partial charge in [0, 0.05) is 28.7 Å². The molecule has 6 heteroatoms. The molecule has 0 aliphatic carbocycles. The van der Waals surface area contributed by atoms with Crippen LogP contribution in [0.3, 0.4) is 0 Å². The van der Waals surface area contributed by atoms with Gasteiger partial charge in [0.2, 0.25) is 0 Å². The van der Waals surface area contributed by atoms with Crippen molar-refractivity contribution >= 4 is 44.6 Å². The zero-order valence-electron chi connectivity index (χ0n) is 11.6. The number of nitrogens with zero attached hydrogens (tertiary/aromatic N) is 1. The molecule has 1 aromatic heterocycles. The standard InChI is InChI=1S/C14H18ClN3OS/c1-17-6-3-7-18(2)14(19)13-12(16)10-8-9(15)4-5-11(10)20-13/h4-5,8,17H,3,6-7,16H2,1-2H3. The zero-order valence-corrected chi connectivity index (χ0v) is 13.1. The van der Waals surface area contributed by atoms with Crippen LogP contribution < -0.4 is 11.1 Å². The van der Waals surface area contributed by atoms with Crippen LogP contribution in [0.4, 0.5) is 5.69 Å². The molecule has 0 atom stereocenters. The molecule has 2 aromatic rings. The van der Waals surface area contributed by atoms with Crippen LogP contribution in [0.15, 0.2) is 18.2 Å². The monoisotopic (exact) mass is 311 g/mol. The van der Waals surface area contributed by atoms with E-state index in [1.54, 1.807) is 18.0 Å². The van der Waals surface area contributed by atoms with Gasteiger partial charge in [-0.25, -0.2) is 0 Å². The lowest BCUT2D eigenvalue weighted by atomic mass is 10.2. The molecule has 0 spiro atoms. The number of carbonyl (C=O) groups excluding carboxylic acids is 1. The van der Waals surface area contributed by atoms with E-state index in [1.807, 2.05) is 19.2 Å². The lowest BCUT2D eigenvalue weighted by Crippen LogP contribution is -2.29. The normalized spacial score (nSPS) is 10.9. The van der Waals surface area contributed by atoms with E-state index >= 15 is 0 Å². The van der Waals surface area contributed by atoms with E-state index < -0.39 is 0 Å². The zero-order chi connectivity index (χ0) is 14.7. The Bertz CT molecular complexity index is 626. The second kappa shape index (κ2) is 6.43. The van der Waals surface area contributed by atoms with Gasteiger partial charge in [-0.05, 0) is 38.2 Å². The van der Waals surface area contributed by atoms with Crippen molar-refractivity contribution in [1.82, 2.24) is 10.2 Å². The Hall–Kier alpha value is -1.30. The van der Waals surface area contributed by atoms with Gasteiger partial charge in [0.15, 0.2) is 0 Å². The summed E-state index contributed by atoms with van der Waals surface area (Å²) in [6.45, 7) is 1.59. The number of benzene rings is 1. The van der Waals surface area contributed by atoms with Crippen LogP contribution in [-0.2, 0) is 0 Å². The molecule has 1 aromatic carbocycles. The number of halogens is 1. The Balaban J connectivity index is 2.24. The summed E-state index contributed by atoms with van der Waals surface area (Å²) in [6.07, 6.45) is 0.912. The average Bonchev–Trinajstić information content (AvgIpc) is 2.75. The Morgan fingerprint density at radius 2 is 2.25 bits per heavy atom. The molecule has 2 rings (SSSR count). The highest BCUT2D eigenvalue weighted by atomic mass is 35.5. The molecule has 1 heterocycles. The number of nitrogens with two attached hydrogens (primary N) is 1. The maximum absolute atomic E-state index is 12.4. The van der Waals surface area contributed by atoms with Crippen molar-refractivity contribution in [3.63, 3.8) is 0 Å². The minimum atomic E-state index is -0.0316. The Labute approximate surface area is 127 Å². The summed E-state index contributed by atoms with van der Waals surface area (Å²) >= 11 is 7.39. The van der Waals surface area contributed by atoms with Gasteiger partial charge in [0.05, 0.1) is 5.69 Å². The van der Waals surface area contributed by atoms with Crippen LogP contribution in [-0.4, -0.2) is 38.0 Å². The first-order chi connectivity index (χ1) is 9.54. The molecule has 20 heavy (non-hydrogen) atoms. The molecule has 0 aliphatic heterocycles. The van der Waals surface area contributed by atoms with E-state index in [1.165, 1.54) is 11.3 Å². The molecule has 0 saturated heterocycles. The molecule has 108 valence electrons. The fourth-order valence-corrected chi connectivity index (χ4v) is 3.29. The number of nitrogen functional groups attached to an aromatic ring is 1. The highest BCUT2D eigenvalue weighted by Crippen LogP contribution is 2.35. The van der Waals surface area contributed by atoms with Gasteiger partial charge in [0.25, 0.3) is 5.91 Å². The number of carbonyl (C=O) groups is 1. The van der Waals surface area contributed by atoms with Crippen LogP contribution in [0.5, 0.6) is 0 Å². The first-order valence-corrected chi connectivity index (χ1v) is 7.61. The number of anilines is 1. The van der Waals surface area contributed by atoms with Crippen LogP contribution >= 0.6 is 22.9 Å². The second-order valence-corrected chi connectivity index (χ2v) is 6.16. The lowest BCUT2D eigenvalue weighted by Gasteiger charge is -2.16. The lowest BCUT2D eigenvalue weighted by molar-refractivity contribution is 0.0799. The Morgan fingerprint density at radius 3 is 2.95 bits per heavy atom. The molecule has 3 N–H and O–H groups in total. The van der Waals surface area contributed by atoms with Gasteiger partial charge in [-0.1, -0.05) is 11.6 Å². The number of hydrogen-bond acceptors (Lipinski definition) is 4. The molecule has 0 saturated carbocycles. The van der Waals surface area contributed by atoms with Crippen LogP contribution in [0, 0.1) is 0 Å². The van der Waals surface area contributed by atoms with Gasteiger partial charge in [0.1, 0.15) is 4.88 Å². The van der Waals surface area contributed by atoms with E-state index in [-0.39, 0.29) is 5.91 Å². The summed E-state index contributed by atoms with van der Waals surface area (Å²) in [7, 11) is 3.70. The van der Waals surface area contributed by atoms with Crippen LogP contribution in [0.2, 0.25) is 5.02 Å². The largest absolute Gasteiger partial charge is 0.397 e. The second-order valence-electron chi connectivity index (χ2n) is 4.67. The quantitative estimate of drug-likeness (QED) is 0.835. The van der Waals surface area contributed by atoms with Crippen molar-refractivity contribution in [2.24, 2.45) is 0 Å². The van der Waals surface area contributed by atoms with E-state index in [0.29, 0.717) is 22.1 Å². The van der Waals surface area contributed by atoms with Crippen molar-refractivity contribution in [3.05, 3.63) is 28.1 Å². The summed E-state index contributed by atoms with van der Waals surface area (Å²) in [5.41, 5.74) is 6.62. The van der Waals surface area contributed by atoms with Crippen molar-refractivity contribution in [3.8, 4) is 0 Å². The number of thiophene rings is 1.